The number of halogens is 1. The van der Waals surface area contributed by atoms with Gasteiger partial charge in [-0.2, -0.15) is 5.10 Å². The summed E-state index contributed by atoms with van der Waals surface area (Å²) in [5.41, 5.74) is 1.15. The number of aromatic nitrogens is 4. The number of nitrogens with one attached hydrogen (secondary N) is 1. The summed E-state index contributed by atoms with van der Waals surface area (Å²) >= 11 is 5.73. The van der Waals surface area contributed by atoms with Crippen LogP contribution in [-0.4, -0.2) is 19.7 Å². The Labute approximate surface area is 104 Å². The molecule has 0 aromatic carbocycles. The van der Waals surface area contributed by atoms with Crippen LogP contribution in [0.3, 0.4) is 0 Å². The van der Waals surface area contributed by atoms with Crippen LogP contribution in [0.2, 0.25) is 5.28 Å². The fourth-order valence-electron chi connectivity index (χ4n) is 1.72. The zero-order valence-corrected chi connectivity index (χ0v) is 10.1. The molecule has 2 aromatic heterocycles. The molecule has 0 spiro atoms. The van der Waals surface area contributed by atoms with Gasteiger partial charge in [0.2, 0.25) is 5.28 Å². The number of aryl methyl sites for hydroxylation is 1. The summed E-state index contributed by atoms with van der Waals surface area (Å²) in [4.78, 5) is 7.92. The van der Waals surface area contributed by atoms with Gasteiger partial charge in [0.15, 0.2) is 0 Å². The van der Waals surface area contributed by atoms with Crippen molar-refractivity contribution in [3.05, 3.63) is 29.3 Å². The fourth-order valence-corrected chi connectivity index (χ4v) is 1.87. The van der Waals surface area contributed by atoms with Crippen molar-refractivity contribution < 1.29 is 0 Å². The van der Waals surface area contributed by atoms with E-state index >= 15 is 0 Å². The molecule has 6 heteroatoms. The second-order valence-electron chi connectivity index (χ2n) is 4.19. The van der Waals surface area contributed by atoms with Gasteiger partial charge >= 0.3 is 0 Å². The number of hydrogen-bond acceptors (Lipinski definition) is 4. The molecule has 0 atom stereocenters. The Morgan fingerprint density at radius 1 is 1.47 bits per heavy atom. The molecule has 2 aromatic rings. The van der Waals surface area contributed by atoms with Crippen LogP contribution in [0.15, 0.2) is 18.3 Å². The second kappa shape index (κ2) is 4.00. The molecule has 1 aliphatic carbocycles. The van der Waals surface area contributed by atoms with E-state index in [9.17, 15) is 0 Å². The van der Waals surface area contributed by atoms with E-state index in [4.69, 9.17) is 11.6 Å². The van der Waals surface area contributed by atoms with Gasteiger partial charge in [-0.15, -0.1) is 0 Å². The van der Waals surface area contributed by atoms with Gasteiger partial charge in [0.05, 0.1) is 5.69 Å². The third kappa shape index (κ3) is 2.24. The lowest BCUT2D eigenvalue weighted by molar-refractivity contribution is 0.751. The molecule has 0 aliphatic heterocycles. The minimum atomic E-state index is 0.236. The Morgan fingerprint density at radius 2 is 2.29 bits per heavy atom. The van der Waals surface area contributed by atoms with Crippen molar-refractivity contribution in [2.24, 2.45) is 7.05 Å². The molecule has 17 heavy (non-hydrogen) atoms. The van der Waals surface area contributed by atoms with E-state index in [0.717, 1.165) is 11.5 Å². The second-order valence-corrected chi connectivity index (χ2v) is 4.53. The molecule has 1 fully saturated rings. The molecular formula is C11H12ClN5. The average molecular weight is 250 g/mol. The van der Waals surface area contributed by atoms with Crippen molar-refractivity contribution in [2.45, 2.75) is 18.8 Å². The topological polar surface area (TPSA) is 55.6 Å². The molecule has 0 radical (unpaired) electrons. The van der Waals surface area contributed by atoms with Gasteiger partial charge in [0.1, 0.15) is 11.6 Å². The highest BCUT2D eigenvalue weighted by Crippen LogP contribution is 2.40. The maximum absolute atomic E-state index is 5.73. The third-order valence-electron chi connectivity index (χ3n) is 2.78. The first-order chi connectivity index (χ1) is 8.22. The van der Waals surface area contributed by atoms with Gasteiger partial charge in [0, 0.05) is 25.2 Å². The Bertz CT molecular complexity index is 547. The first kappa shape index (κ1) is 10.5. The molecule has 0 unspecified atom stereocenters. The molecular weight excluding hydrogens is 238 g/mol. The SMILES string of the molecule is Cn1nc(C2CC2)cc1Nc1ccnc(Cl)n1. The molecule has 0 bridgehead atoms. The number of rotatable bonds is 3. The zero-order chi connectivity index (χ0) is 11.8. The molecule has 1 aliphatic rings. The maximum Gasteiger partial charge on any atom is 0.224 e. The van der Waals surface area contributed by atoms with Crippen LogP contribution < -0.4 is 5.32 Å². The lowest BCUT2D eigenvalue weighted by Gasteiger charge is -2.04. The van der Waals surface area contributed by atoms with Crippen molar-refractivity contribution in [1.29, 1.82) is 0 Å². The first-order valence-corrected chi connectivity index (χ1v) is 5.89. The summed E-state index contributed by atoms with van der Waals surface area (Å²) in [6.07, 6.45) is 4.11. The van der Waals surface area contributed by atoms with Crippen LogP contribution in [0.1, 0.15) is 24.5 Å². The van der Waals surface area contributed by atoms with E-state index in [0.29, 0.717) is 11.7 Å². The van der Waals surface area contributed by atoms with E-state index in [2.05, 4.69) is 26.4 Å². The summed E-state index contributed by atoms with van der Waals surface area (Å²) in [6, 6.07) is 3.84. The summed E-state index contributed by atoms with van der Waals surface area (Å²) in [7, 11) is 1.91. The number of anilines is 2. The summed E-state index contributed by atoms with van der Waals surface area (Å²) in [5, 5.41) is 7.89. The van der Waals surface area contributed by atoms with Gasteiger partial charge in [-0.3, -0.25) is 4.68 Å². The monoisotopic (exact) mass is 249 g/mol. The van der Waals surface area contributed by atoms with Crippen LogP contribution in [0.5, 0.6) is 0 Å². The summed E-state index contributed by atoms with van der Waals surface area (Å²) < 4.78 is 1.82. The quantitative estimate of drug-likeness (QED) is 0.849. The summed E-state index contributed by atoms with van der Waals surface area (Å²) in [5.74, 6) is 2.24. The predicted molar refractivity (Wildman–Crippen MR) is 65.5 cm³/mol. The summed E-state index contributed by atoms with van der Waals surface area (Å²) in [6.45, 7) is 0. The normalized spacial score (nSPS) is 14.9. The van der Waals surface area contributed by atoms with Crippen molar-refractivity contribution >= 4 is 23.2 Å². The van der Waals surface area contributed by atoms with E-state index < -0.39 is 0 Å². The molecule has 0 amide bonds. The van der Waals surface area contributed by atoms with Crippen molar-refractivity contribution in [1.82, 2.24) is 19.7 Å². The lowest BCUT2D eigenvalue weighted by atomic mass is 10.3. The standard InChI is InChI=1S/C11H12ClN5/c1-17-10(6-8(16-17)7-2-3-7)14-9-4-5-13-11(12)15-9/h4-7H,2-3H2,1H3,(H,13,14,15). The minimum absolute atomic E-state index is 0.236. The smallest absolute Gasteiger partial charge is 0.224 e. The third-order valence-corrected chi connectivity index (χ3v) is 2.96. The largest absolute Gasteiger partial charge is 0.325 e. The molecule has 5 nitrogen and oxygen atoms in total. The van der Waals surface area contributed by atoms with Crippen LogP contribution in [0, 0.1) is 0 Å². The molecule has 0 saturated heterocycles. The molecule has 2 heterocycles. The molecule has 88 valence electrons. The first-order valence-electron chi connectivity index (χ1n) is 5.52. The van der Waals surface area contributed by atoms with Gasteiger partial charge in [-0.25, -0.2) is 9.97 Å². The van der Waals surface area contributed by atoms with Gasteiger partial charge in [-0.05, 0) is 30.5 Å². The number of nitrogens with zero attached hydrogens (tertiary/aromatic N) is 4. The van der Waals surface area contributed by atoms with Crippen LogP contribution in [-0.2, 0) is 7.05 Å². The Hall–Kier alpha value is -1.62. The van der Waals surface area contributed by atoms with Crippen LogP contribution in [0.25, 0.3) is 0 Å². The predicted octanol–water partition coefficient (Wildman–Crippen LogP) is 2.48. The highest BCUT2D eigenvalue weighted by Gasteiger charge is 2.26. The highest BCUT2D eigenvalue weighted by molar-refractivity contribution is 6.28. The van der Waals surface area contributed by atoms with E-state index in [-0.39, 0.29) is 5.28 Å². The lowest BCUT2D eigenvalue weighted by Crippen LogP contribution is -2.01. The minimum Gasteiger partial charge on any atom is -0.325 e. The molecule has 1 saturated carbocycles. The van der Waals surface area contributed by atoms with Gasteiger partial charge in [-0.1, -0.05) is 0 Å². The van der Waals surface area contributed by atoms with Gasteiger partial charge < -0.3 is 5.32 Å². The van der Waals surface area contributed by atoms with Crippen molar-refractivity contribution in [3.8, 4) is 0 Å². The molecule has 1 N–H and O–H groups in total. The Balaban J connectivity index is 1.84. The van der Waals surface area contributed by atoms with E-state index in [1.54, 1.807) is 12.3 Å². The van der Waals surface area contributed by atoms with Crippen LogP contribution >= 0.6 is 11.6 Å². The van der Waals surface area contributed by atoms with E-state index in [1.165, 1.54) is 12.8 Å². The van der Waals surface area contributed by atoms with E-state index in [1.807, 2.05) is 11.7 Å². The van der Waals surface area contributed by atoms with Crippen LogP contribution in [0.4, 0.5) is 11.6 Å². The average Bonchev–Trinajstić information content (AvgIpc) is 3.06. The maximum atomic E-state index is 5.73. The zero-order valence-electron chi connectivity index (χ0n) is 9.39. The van der Waals surface area contributed by atoms with Crippen molar-refractivity contribution in [3.63, 3.8) is 0 Å². The highest BCUT2D eigenvalue weighted by atomic mass is 35.5. The Kier molecular flexibility index (Phi) is 2.48. The molecule has 3 rings (SSSR count). The Morgan fingerprint density at radius 3 is 3.00 bits per heavy atom. The number of hydrogen-bond donors (Lipinski definition) is 1. The van der Waals surface area contributed by atoms with Gasteiger partial charge in [0.25, 0.3) is 0 Å². The van der Waals surface area contributed by atoms with Crippen molar-refractivity contribution in [2.75, 3.05) is 5.32 Å². The fraction of sp³-hybridized carbons (Fsp3) is 0.364.